The highest BCUT2D eigenvalue weighted by molar-refractivity contribution is 5.64. The van der Waals surface area contributed by atoms with Crippen LogP contribution in [0.4, 0.5) is 9.18 Å². The van der Waals surface area contributed by atoms with Crippen LogP contribution in [0.3, 0.4) is 0 Å². The first-order chi connectivity index (χ1) is 6.65. The minimum absolute atomic E-state index is 0.239. The first-order valence-electron chi connectivity index (χ1n) is 5.02. The van der Waals surface area contributed by atoms with E-state index in [1.165, 1.54) is 0 Å². The Morgan fingerprint density at radius 2 is 2.14 bits per heavy atom. The van der Waals surface area contributed by atoms with Gasteiger partial charge in [-0.05, 0) is 12.8 Å². The van der Waals surface area contributed by atoms with Crippen LogP contribution in [-0.4, -0.2) is 47.4 Å². The number of nitrogens with one attached hydrogen (secondary N) is 1. The van der Waals surface area contributed by atoms with Crippen molar-refractivity contribution in [3.63, 3.8) is 0 Å². The number of alkyl halides is 1. The van der Waals surface area contributed by atoms with Crippen molar-refractivity contribution in [2.45, 2.75) is 37.5 Å². The van der Waals surface area contributed by atoms with Gasteiger partial charge >= 0.3 is 6.09 Å². The number of amides is 1. The molecular formula is C9H15FN2O2. The molecule has 0 aromatic rings. The summed E-state index contributed by atoms with van der Waals surface area (Å²) >= 11 is 0. The van der Waals surface area contributed by atoms with Gasteiger partial charge in [0.05, 0.1) is 0 Å². The molecule has 80 valence electrons. The van der Waals surface area contributed by atoms with E-state index in [-0.39, 0.29) is 6.04 Å². The molecule has 2 fully saturated rings. The average molecular weight is 202 g/mol. The van der Waals surface area contributed by atoms with Crippen molar-refractivity contribution in [2.24, 2.45) is 0 Å². The Balaban J connectivity index is 1.88. The smallest absolute Gasteiger partial charge is 0.404 e. The van der Waals surface area contributed by atoms with Gasteiger partial charge in [0.2, 0.25) is 0 Å². The molecule has 0 aromatic heterocycles. The highest BCUT2D eigenvalue weighted by atomic mass is 19.1. The molecule has 5 heteroatoms. The Labute approximate surface area is 82.1 Å². The monoisotopic (exact) mass is 202 g/mol. The average Bonchev–Trinajstić information content (AvgIpc) is 2.82. The largest absolute Gasteiger partial charge is 0.465 e. The molecule has 1 aliphatic carbocycles. The van der Waals surface area contributed by atoms with Gasteiger partial charge in [-0.1, -0.05) is 0 Å². The Bertz CT molecular complexity index is 233. The minimum atomic E-state index is -1.06. The molecule has 1 amide bonds. The first-order valence-corrected chi connectivity index (χ1v) is 5.02. The predicted molar refractivity (Wildman–Crippen MR) is 49.1 cm³/mol. The van der Waals surface area contributed by atoms with Gasteiger partial charge in [0.25, 0.3) is 0 Å². The van der Waals surface area contributed by atoms with Gasteiger partial charge in [0.1, 0.15) is 6.17 Å². The maximum absolute atomic E-state index is 13.2. The van der Waals surface area contributed by atoms with Crippen LogP contribution in [0.15, 0.2) is 0 Å². The van der Waals surface area contributed by atoms with Gasteiger partial charge in [-0.25, -0.2) is 9.18 Å². The second-order valence-corrected chi connectivity index (χ2v) is 4.16. The summed E-state index contributed by atoms with van der Waals surface area (Å²) in [6, 6.07) is 0.267. The molecular weight excluding hydrogens is 187 g/mol. The Morgan fingerprint density at radius 3 is 2.71 bits per heavy atom. The lowest BCUT2D eigenvalue weighted by molar-refractivity contribution is 0.102. The third-order valence-electron chi connectivity index (χ3n) is 2.82. The zero-order chi connectivity index (χ0) is 10.1. The molecule has 1 saturated heterocycles. The number of carboxylic acid groups (broad SMARTS) is 1. The van der Waals surface area contributed by atoms with Gasteiger partial charge in [-0.3, -0.25) is 4.90 Å². The summed E-state index contributed by atoms with van der Waals surface area (Å²) < 4.78 is 13.2. The number of piperidine rings is 1. The molecule has 1 heterocycles. The number of hydrogen-bond donors (Lipinski definition) is 2. The molecule has 0 radical (unpaired) electrons. The molecule has 0 unspecified atom stereocenters. The molecule has 1 aliphatic heterocycles. The third kappa shape index (κ3) is 2.35. The molecule has 0 aromatic carbocycles. The topological polar surface area (TPSA) is 52.6 Å². The fourth-order valence-electron chi connectivity index (χ4n) is 2.09. The summed E-state index contributed by atoms with van der Waals surface area (Å²) in [7, 11) is 0. The quantitative estimate of drug-likeness (QED) is 0.697. The molecule has 0 spiro atoms. The predicted octanol–water partition coefficient (Wildman–Crippen LogP) is 0.829. The number of carbonyl (C=O) groups is 1. The Hall–Kier alpha value is -0.840. The second kappa shape index (κ2) is 3.73. The standard InChI is InChI=1S/C9H15FN2O2/c10-6-3-7(11-9(13)14)5-12(4-6)8-1-2-8/h6-8,11H,1-5H2,(H,13,14)/t6-,7-/m1/s1. The van der Waals surface area contributed by atoms with Crippen LogP contribution >= 0.6 is 0 Å². The fraction of sp³-hybridized carbons (Fsp3) is 0.889. The van der Waals surface area contributed by atoms with Crippen LogP contribution < -0.4 is 5.32 Å². The van der Waals surface area contributed by atoms with E-state index in [1.54, 1.807) is 0 Å². The summed E-state index contributed by atoms with van der Waals surface area (Å²) in [6.07, 6.45) is 0.634. The minimum Gasteiger partial charge on any atom is -0.465 e. The second-order valence-electron chi connectivity index (χ2n) is 4.16. The maximum atomic E-state index is 13.2. The number of rotatable bonds is 2. The third-order valence-corrected chi connectivity index (χ3v) is 2.82. The van der Waals surface area contributed by atoms with Crippen LogP contribution in [0.25, 0.3) is 0 Å². The molecule has 4 nitrogen and oxygen atoms in total. The van der Waals surface area contributed by atoms with Crippen LogP contribution in [0.2, 0.25) is 0 Å². The Kier molecular flexibility index (Phi) is 2.58. The highest BCUT2D eigenvalue weighted by Gasteiger charge is 2.36. The van der Waals surface area contributed by atoms with Crippen molar-refractivity contribution in [1.82, 2.24) is 10.2 Å². The van der Waals surface area contributed by atoms with E-state index in [9.17, 15) is 9.18 Å². The van der Waals surface area contributed by atoms with Crippen LogP contribution in [0, 0.1) is 0 Å². The number of halogens is 1. The summed E-state index contributed by atoms with van der Waals surface area (Å²) in [4.78, 5) is 12.5. The van der Waals surface area contributed by atoms with E-state index in [1.807, 2.05) is 0 Å². The zero-order valence-electron chi connectivity index (χ0n) is 7.95. The summed E-state index contributed by atoms with van der Waals surface area (Å²) in [5, 5.41) is 10.9. The van der Waals surface area contributed by atoms with Crippen LogP contribution in [-0.2, 0) is 0 Å². The molecule has 2 atom stereocenters. The van der Waals surface area contributed by atoms with Gasteiger partial charge in [0.15, 0.2) is 0 Å². The lowest BCUT2D eigenvalue weighted by Gasteiger charge is -2.34. The summed E-state index contributed by atoms with van der Waals surface area (Å²) in [5.74, 6) is 0. The van der Waals surface area contributed by atoms with Crippen molar-refractivity contribution in [3.8, 4) is 0 Å². The van der Waals surface area contributed by atoms with Crippen molar-refractivity contribution in [2.75, 3.05) is 13.1 Å². The maximum Gasteiger partial charge on any atom is 0.404 e. The highest BCUT2D eigenvalue weighted by Crippen LogP contribution is 2.30. The van der Waals surface area contributed by atoms with Crippen LogP contribution in [0.5, 0.6) is 0 Å². The van der Waals surface area contributed by atoms with Gasteiger partial charge in [-0.2, -0.15) is 0 Å². The molecule has 0 bridgehead atoms. The van der Waals surface area contributed by atoms with E-state index in [0.29, 0.717) is 25.6 Å². The molecule has 2 aliphatic rings. The lowest BCUT2D eigenvalue weighted by Crippen LogP contribution is -2.51. The number of nitrogens with zero attached hydrogens (tertiary/aromatic N) is 1. The normalized spacial score (nSPS) is 34.1. The molecule has 1 saturated carbocycles. The molecule has 2 N–H and O–H groups in total. The van der Waals surface area contributed by atoms with Crippen molar-refractivity contribution >= 4 is 6.09 Å². The van der Waals surface area contributed by atoms with Gasteiger partial charge < -0.3 is 10.4 Å². The number of likely N-dealkylation sites (tertiary alicyclic amines) is 1. The van der Waals surface area contributed by atoms with E-state index in [2.05, 4.69) is 10.2 Å². The van der Waals surface area contributed by atoms with E-state index in [0.717, 1.165) is 12.8 Å². The molecule has 2 rings (SSSR count). The van der Waals surface area contributed by atoms with E-state index in [4.69, 9.17) is 5.11 Å². The van der Waals surface area contributed by atoms with Crippen molar-refractivity contribution in [1.29, 1.82) is 0 Å². The number of hydrogen-bond acceptors (Lipinski definition) is 2. The zero-order valence-corrected chi connectivity index (χ0v) is 7.95. The Morgan fingerprint density at radius 1 is 1.43 bits per heavy atom. The van der Waals surface area contributed by atoms with Crippen molar-refractivity contribution < 1.29 is 14.3 Å². The van der Waals surface area contributed by atoms with E-state index >= 15 is 0 Å². The van der Waals surface area contributed by atoms with Gasteiger partial charge in [-0.15, -0.1) is 0 Å². The van der Waals surface area contributed by atoms with E-state index < -0.39 is 12.3 Å². The van der Waals surface area contributed by atoms with Crippen molar-refractivity contribution in [3.05, 3.63) is 0 Å². The lowest BCUT2D eigenvalue weighted by atomic mass is 10.0. The SMILES string of the molecule is O=C(O)N[C@@H]1C[C@@H](F)CN(C2CC2)C1. The first kappa shape index (κ1) is 9.71. The van der Waals surface area contributed by atoms with Gasteiger partial charge in [0, 0.05) is 31.6 Å². The fourth-order valence-corrected chi connectivity index (χ4v) is 2.09. The summed E-state index contributed by atoms with van der Waals surface area (Å²) in [6.45, 7) is 1.14. The molecule has 14 heavy (non-hydrogen) atoms. The van der Waals surface area contributed by atoms with Crippen LogP contribution in [0.1, 0.15) is 19.3 Å². The summed E-state index contributed by atoms with van der Waals surface area (Å²) in [5.41, 5.74) is 0.